The van der Waals surface area contributed by atoms with Gasteiger partial charge in [-0.3, -0.25) is 0 Å². The van der Waals surface area contributed by atoms with Gasteiger partial charge in [-0.05, 0) is 281 Å². The minimum Gasteiger partial charge on any atom is -0.453 e. The third kappa shape index (κ3) is 11.2. The normalized spacial score (nSPS) is 13.2. The molecule has 0 fully saturated rings. The van der Waals surface area contributed by atoms with E-state index in [9.17, 15) is 0 Å². The number of aryl methyl sites for hydroxylation is 6. The lowest BCUT2D eigenvalue weighted by Crippen LogP contribution is -2.50. The molecule has 10 aromatic carbocycles. The molecule has 11 aromatic rings. The molecular weight excluding hydrogens is 1120 g/mol. The molecule has 0 atom stereocenters. The first-order valence-electron chi connectivity index (χ1n) is 31.5. The average Bonchev–Trinajstić information content (AvgIpc) is 1.68. The SMILES string of the molecule is Cc1cc2c(c(C)c1C)N(C)c1ccccc1C2.Cc1cc2c(c(C)c1C)N(C)c1ccccc1O2.Cc1cc2c(c(C)c1C)N(C)c1ccccc1S2.Cc1cc2c(c(C)c1C)[Si](C)(C)c1ccccc1-2.Cc1cc2cc3ccccc3nc2c(C)c1C. The molecule has 0 radical (unpaired) electrons. The van der Waals surface area contributed by atoms with E-state index in [1.54, 1.807) is 10.4 Å². The van der Waals surface area contributed by atoms with Crippen molar-refractivity contribution in [1.82, 2.24) is 4.98 Å². The number of ether oxygens (including phenoxy) is 1. The molecule has 7 heteroatoms. The summed E-state index contributed by atoms with van der Waals surface area (Å²) in [4.78, 5) is 14.4. The quantitative estimate of drug-likeness (QED) is 0.111. The summed E-state index contributed by atoms with van der Waals surface area (Å²) in [6.45, 7) is 38.0. The van der Waals surface area contributed by atoms with Crippen LogP contribution in [-0.2, 0) is 6.42 Å². The van der Waals surface area contributed by atoms with E-state index in [2.05, 4.69) is 286 Å². The summed E-state index contributed by atoms with van der Waals surface area (Å²) in [5.74, 6) is 1.88. The van der Waals surface area contributed by atoms with E-state index >= 15 is 0 Å². The first kappa shape index (κ1) is 62.3. The van der Waals surface area contributed by atoms with Gasteiger partial charge >= 0.3 is 0 Å². The van der Waals surface area contributed by atoms with Crippen LogP contribution in [0.2, 0.25) is 13.1 Å². The maximum Gasteiger partial charge on any atom is 0.151 e. The minimum atomic E-state index is -1.48. The number of para-hydroxylation sites is 5. The van der Waals surface area contributed by atoms with Crippen LogP contribution in [0.3, 0.4) is 0 Å². The Hall–Kier alpha value is -8.36. The number of anilines is 6. The fourth-order valence-electron chi connectivity index (χ4n) is 14.1. The molecule has 0 unspecified atom stereocenters. The highest BCUT2D eigenvalue weighted by molar-refractivity contribution is 7.99. The Morgan fingerprint density at radius 2 is 0.899 bits per heavy atom. The van der Waals surface area contributed by atoms with E-state index < -0.39 is 8.07 Å². The van der Waals surface area contributed by atoms with Gasteiger partial charge in [-0.15, -0.1) is 0 Å². The van der Waals surface area contributed by atoms with Crippen molar-refractivity contribution in [3.63, 3.8) is 0 Å². The lowest BCUT2D eigenvalue weighted by atomic mass is 9.89. The van der Waals surface area contributed by atoms with E-state index in [-0.39, 0.29) is 0 Å². The molecule has 0 N–H and O–H groups in total. The second-order valence-corrected chi connectivity index (χ2v) is 31.3. The van der Waals surface area contributed by atoms with Crippen LogP contribution in [0.4, 0.5) is 34.1 Å². The number of fused-ring (bicyclic) bond motifs is 11. The number of benzene rings is 10. The van der Waals surface area contributed by atoms with E-state index in [1.807, 2.05) is 36.0 Å². The predicted octanol–water partition coefficient (Wildman–Crippen LogP) is 21.3. The van der Waals surface area contributed by atoms with Crippen molar-refractivity contribution in [2.24, 2.45) is 0 Å². The van der Waals surface area contributed by atoms with Crippen LogP contribution in [0.1, 0.15) is 94.6 Å². The second-order valence-electron chi connectivity index (χ2n) is 25.9. The molecule has 15 rings (SSSR count). The zero-order valence-corrected chi connectivity index (χ0v) is 58.1. The lowest BCUT2D eigenvalue weighted by Gasteiger charge is -2.32. The molecule has 89 heavy (non-hydrogen) atoms. The summed E-state index contributed by atoms with van der Waals surface area (Å²) >= 11 is 1.88. The van der Waals surface area contributed by atoms with E-state index in [0.29, 0.717) is 0 Å². The smallest absolute Gasteiger partial charge is 0.151 e. The average molecular weight is 1210 g/mol. The van der Waals surface area contributed by atoms with Crippen LogP contribution < -0.4 is 29.8 Å². The number of rotatable bonds is 0. The highest BCUT2D eigenvalue weighted by Crippen LogP contribution is 2.51. The Bertz CT molecular complexity index is 4360. The van der Waals surface area contributed by atoms with Crippen molar-refractivity contribution in [1.29, 1.82) is 0 Å². The monoisotopic (exact) mass is 1200 g/mol. The first-order valence-corrected chi connectivity index (χ1v) is 35.3. The Labute approximate surface area is 536 Å². The molecule has 0 spiro atoms. The van der Waals surface area contributed by atoms with Crippen molar-refractivity contribution in [3.8, 4) is 22.6 Å². The van der Waals surface area contributed by atoms with Gasteiger partial charge in [0, 0.05) is 59.5 Å². The zero-order valence-electron chi connectivity index (χ0n) is 56.3. The summed E-state index contributed by atoms with van der Waals surface area (Å²) in [7, 11) is 4.96. The van der Waals surface area contributed by atoms with Crippen molar-refractivity contribution >= 4 is 86.1 Å². The van der Waals surface area contributed by atoms with Crippen molar-refractivity contribution < 1.29 is 4.74 Å². The van der Waals surface area contributed by atoms with Gasteiger partial charge in [0.15, 0.2) is 11.5 Å². The molecule has 1 aromatic heterocycles. The molecule has 0 amide bonds. The van der Waals surface area contributed by atoms with Crippen LogP contribution in [0.25, 0.3) is 32.9 Å². The van der Waals surface area contributed by atoms with Gasteiger partial charge in [-0.2, -0.15) is 0 Å². The van der Waals surface area contributed by atoms with Gasteiger partial charge in [-0.1, -0.05) is 122 Å². The summed E-state index contributed by atoms with van der Waals surface area (Å²) < 4.78 is 6.02. The van der Waals surface area contributed by atoms with Gasteiger partial charge in [0.1, 0.15) is 8.07 Å². The standard InChI is InChI=1S/C17H19N.C17H20Si.C16H17NO.C16H17NS.C16H15N/c1-11-9-15-10-14-7-5-6-8-16(14)18(4)17(15)13(3)12(11)2;1-11-10-15-14-8-6-7-9-16(14)18(4,5)17(15)13(3)12(11)2;2*1-10-9-15-16(12(3)11(10)2)17(4)13-7-5-6-8-14(13)18-15;1-10-8-14-9-13-6-4-5-7-15(13)17-16(14)12(3)11(10)2/h5-9H,10H2,1-4H3;6-10H,1-5H3;2*5-9H,1-4H3;4-9H,1-3H3. The minimum absolute atomic E-state index is 0.926. The molecule has 5 heterocycles. The van der Waals surface area contributed by atoms with Crippen molar-refractivity contribution in [3.05, 3.63) is 252 Å². The van der Waals surface area contributed by atoms with Gasteiger partial charge in [-0.25, -0.2) is 4.98 Å². The maximum atomic E-state index is 6.02. The van der Waals surface area contributed by atoms with E-state index in [4.69, 9.17) is 9.72 Å². The molecule has 4 aliphatic rings. The summed E-state index contributed by atoms with van der Waals surface area (Å²) in [5.41, 5.74) is 36.5. The Kier molecular flexibility index (Phi) is 17.2. The Morgan fingerprint density at radius 3 is 1.63 bits per heavy atom. The predicted molar refractivity (Wildman–Crippen MR) is 389 cm³/mol. The lowest BCUT2D eigenvalue weighted by molar-refractivity contribution is 0.474. The van der Waals surface area contributed by atoms with Crippen molar-refractivity contribution in [2.75, 3.05) is 35.8 Å². The number of nitrogens with zero attached hydrogens (tertiary/aromatic N) is 4. The van der Waals surface area contributed by atoms with Gasteiger partial charge in [0.05, 0.1) is 33.8 Å². The largest absolute Gasteiger partial charge is 0.453 e. The van der Waals surface area contributed by atoms with Gasteiger partial charge < -0.3 is 19.4 Å². The third-order valence-corrected chi connectivity index (χ3v) is 25.1. The molecule has 0 saturated heterocycles. The summed E-state index contributed by atoms with van der Waals surface area (Å²) in [5, 5.41) is 5.71. The second kappa shape index (κ2) is 24.5. The number of hydrogen-bond donors (Lipinski definition) is 0. The van der Waals surface area contributed by atoms with Crippen molar-refractivity contribution in [2.45, 2.75) is 133 Å². The number of hydrogen-bond acceptors (Lipinski definition) is 6. The summed E-state index contributed by atoms with van der Waals surface area (Å²) in [6, 6.07) is 56.4. The topological polar surface area (TPSA) is 31.8 Å². The molecule has 0 aliphatic carbocycles. The van der Waals surface area contributed by atoms with E-state index in [1.165, 1.54) is 155 Å². The van der Waals surface area contributed by atoms with Gasteiger partial charge in [0.25, 0.3) is 0 Å². The maximum absolute atomic E-state index is 6.02. The first-order chi connectivity index (χ1) is 42.4. The molecule has 452 valence electrons. The van der Waals surface area contributed by atoms with E-state index in [0.717, 1.165) is 34.6 Å². The molecule has 0 bridgehead atoms. The molecular formula is C82H88N4OSSi. The highest BCUT2D eigenvalue weighted by Gasteiger charge is 2.39. The Morgan fingerprint density at radius 1 is 0.382 bits per heavy atom. The molecule has 5 nitrogen and oxygen atoms in total. The summed E-state index contributed by atoms with van der Waals surface area (Å²) in [6.07, 6.45) is 1.05. The van der Waals surface area contributed by atoms with Gasteiger partial charge in [0.2, 0.25) is 0 Å². The van der Waals surface area contributed by atoms with Crippen LogP contribution >= 0.6 is 11.8 Å². The zero-order chi connectivity index (χ0) is 63.7. The fourth-order valence-corrected chi connectivity index (χ4v) is 19.1. The number of pyridine rings is 1. The van der Waals surface area contributed by atoms with Crippen LogP contribution in [0.5, 0.6) is 11.5 Å². The molecule has 0 saturated carbocycles. The Balaban J connectivity index is 0.000000115. The molecule has 4 aliphatic heterocycles. The van der Waals surface area contributed by atoms with Crippen LogP contribution in [0, 0.1) is 104 Å². The highest BCUT2D eigenvalue weighted by atomic mass is 32.2. The van der Waals surface area contributed by atoms with Crippen LogP contribution in [-0.4, -0.2) is 34.2 Å². The fraction of sp³-hybridized carbons (Fsp3) is 0.256. The third-order valence-electron chi connectivity index (χ3n) is 20.3. The van der Waals surface area contributed by atoms with Crippen LogP contribution in [0.15, 0.2) is 168 Å². The number of aromatic nitrogens is 1.